The molecule has 0 unspecified atom stereocenters. The van der Waals surface area contributed by atoms with Crippen LogP contribution < -0.4 is 20.4 Å². The number of anilines is 4. The van der Waals surface area contributed by atoms with Gasteiger partial charge in [0.2, 0.25) is 0 Å². The molecule has 5 rings (SSSR count). The van der Waals surface area contributed by atoms with E-state index in [1.807, 2.05) is 78.5 Å². The molecule has 2 amide bonds. The Kier molecular flexibility index (Phi) is 10.3. The van der Waals surface area contributed by atoms with Crippen LogP contribution in [0, 0.1) is 0 Å². The standard InChI is InChI=1S/C34H37Cl2N7O2/c1-4-42(18-16-35)27-11-6-23(7-12-27)33(44)38-26-21-31(41(3)22-26)32-39-29-15-8-24(20-30(29)40-32)34(45)37-25-9-13-28(14-10-25)43(5-2)19-17-36/h6-15,20-22H,4-5,16-19H2,1-3H3,(H,37,45)(H,38,44)(H,39,40). The van der Waals surface area contributed by atoms with E-state index in [-0.39, 0.29) is 11.8 Å². The number of halogens is 2. The summed E-state index contributed by atoms with van der Waals surface area (Å²) in [4.78, 5) is 38.4. The van der Waals surface area contributed by atoms with Gasteiger partial charge in [-0.2, -0.15) is 0 Å². The van der Waals surface area contributed by atoms with Crippen molar-refractivity contribution >= 4 is 68.8 Å². The van der Waals surface area contributed by atoms with Crippen molar-refractivity contribution in [3.63, 3.8) is 0 Å². The molecule has 0 saturated heterocycles. The number of hydrogen-bond donors (Lipinski definition) is 3. The zero-order valence-electron chi connectivity index (χ0n) is 25.6. The summed E-state index contributed by atoms with van der Waals surface area (Å²) in [5.74, 6) is 1.30. The van der Waals surface area contributed by atoms with Crippen molar-refractivity contribution in [2.24, 2.45) is 7.05 Å². The maximum Gasteiger partial charge on any atom is 0.255 e. The summed E-state index contributed by atoms with van der Waals surface area (Å²) in [6.45, 7) is 7.35. The van der Waals surface area contributed by atoms with Crippen LogP contribution in [0.1, 0.15) is 34.6 Å². The van der Waals surface area contributed by atoms with E-state index in [0.29, 0.717) is 40.1 Å². The Bertz CT molecular complexity index is 1760. The first-order valence-electron chi connectivity index (χ1n) is 14.9. The fourth-order valence-corrected chi connectivity index (χ4v) is 5.68. The summed E-state index contributed by atoms with van der Waals surface area (Å²) in [6, 6.07) is 22.5. The number of aromatic amines is 1. The van der Waals surface area contributed by atoms with E-state index in [1.165, 1.54) is 0 Å². The zero-order valence-corrected chi connectivity index (χ0v) is 27.1. The van der Waals surface area contributed by atoms with Crippen LogP contribution in [0.25, 0.3) is 22.6 Å². The van der Waals surface area contributed by atoms with Crippen LogP contribution in [0.4, 0.5) is 22.7 Å². The third-order valence-corrected chi connectivity index (χ3v) is 8.04. The summed E-state index contributed by atoms with van der Waals surface area (Å²) in [5.41, 5.74) is 6.76. The topological polar surface area (TPSA) is 98.3 Å². The van der Waals surface area contributed by atoms with Gasteiger partial charge >= 0.3 is 0 Å². The van der Waals surface area contributed by atoms with Crippen LogP contribution in [0.3, 0.4) is 0 Å². The summed E-state index contributed by atoms with van der Waals surface area (Å²) >= 11 is 11.8. The molecule has 0 radical (unpaired) electrons. The van der Waals surface area contributed by atoms with Gasteiger partial charge in [-0.15, -0.1) is 23.2 Å². The van der Waals surface area contributed by atoms with Gasteiger partial charge in [0.25, 0.3) is 11.8 Å². The number of hydrogen-bond acceptors (Lipinski definition) is 5. The number of amides is 2. The highest BCUT2D eigenvalue weighted by atomic mass is 35.5. The molecule has 5 aromatic rings. The number of rotatable bonds is 13. The number of alkyl halides is 2. The number of carbonyl (C=O) groups excluding carboxylic acids is 2. The molecule has 0 saturated carbocycles. The van der Waals surface area contributed by atoms with Crippen LogP contribution in [0.15, 0.2) is 79.0 Å². The zero-order chi connectivity index (χ0) is 31.9. The van der Waals surface area contributed by atoms with Crippen LogP contribution in [-0.4, -0.2) is 64.3 Å². The number of benzene rings is 3. The molecule has 0 bridgehead atoms. The van der Waals surface area contributed by atoms with E-state index >= 15 is 0 Å². The normalized spacial score (nSPS) is 11.0. The van der Waals surface area contributed by atoms with E-state index in [0.717, 1.165) is 54.3 Å². The summed E-state index contributed by atoms with van der Waals surface area (Å²) in [5, 5.41) is 5.95. The SMILES string of the molecule is CCN(CCCl)c1ccc(NC(=O)c2ccc3nc(-c4cc(NC(=O)c5ccc(N(CC)CCCl)cc5)cn4C)[nH]c3c2)cc1. The fraction of sp³-hybridized carbons (Fsp3) is 0.265. The first kappa shape index (κ1) is 31.9. The minimum atomic E-state index is -0.216. The van der Waals surface area contributed by atoms with E-state index < -0.39 is 0 Å². The number of nitrogens with zero attached hydrogens (tertiary/aromatic N) is 4. The molecular weight excluding hydrogens is 609 g/mol. The van der Waals surface area contributed by atoms with Gasteiger partial charge < -0.3 is 30.0 Å². The summed E-state index contributed by atoms with van der Waals surface area (Å²) in [7, 11) is 1.89. The summed E-state index contributed by atoms with van der Waals surface area (Å²) in [6.07, 6.45) is 1.84. The smallest absolute Gasteiger partial charge is 0.255 e. The van der Waals surface area contributed by atoms with Gasteiger partial charge in [0.1, 0.15) is 0 Å². The fourth-order valence-electron chi connectivity index (χ4n) is 5.27. The molecular formula is C34H37Cl2N7O2. The molecule has 9 nitrogen and oxygen atoms in total. The molecule has 0 aliphatic heterocycles. The number of carbonyl (C=O) groups is 2. The van der Waals surface area contributed by atoms with Crippen molar-refractivity contribution < 1.29 is 9.59 Å². The van der Waals surface area contributed by atoms with Crippen molar-refractivity contribution in [2.45, 2.75) is 13.8 Å². The highest BCUT2D eigenvalue weighted by Gasteiger charge is 2.15. The maximum absolute atomic E-state index is 13.1. The summed E-state index contributed by atoms with van der Waals surface area (Å²) < 4.78 is 1.89. The molecule has 0 aliphatic carbocycles. The Balaban J connectivity index is 1.26. The van der Waals surface area contributed by atoms with Gasteiger partial charge in [0, 0.05) is 79.4 Å². The molecule has 0 fully saturated rings. The first-order valence-corrected chi connectivity index (χ1v) is 16.0. The van der Waals surface area contributed by atoms with E-state index in [9.17, 15) is 9.59 Å². The van der Waals surface area contributed by atoms with Gasteiger partial charge in [0.05, 0.1) is 22.4 Å². The average Bonchev–Trinajstić information content (AvgIpc) is 3.65. The lowest BCUT2D eigenvalue weighted by atomic mass is 10.1. The third kappa shape index (κ3) is 7.44. The largest absolute Gasteiger partial charge is 0.371 e. The van der Waals surface area contributed by atoms with Gasteiger partial charge in [-0.25, -0.2) is 4.98 Å². The Labute approximate surface area is 273 Å². The van der Waals surface area contributed by atoms with E-state index in [4.69, 9.17) is 28.2 Å². The lowest BCUT2D eigenvalue weighted by Gasteiger charge is -2.22. The van der Waals surface area contributed by atoms with E-state index in [2.05, 4.69) is 39.3 Å². The Morgan fingerprint density at radius 3 is 1.93 bits per heavy atom. The number of fused-ring (bicyclic) bond motifs is 1. The molecule has 0 atom stereocenters. The van der Waals surface area contributed by atoms with Crippen molar-refractivity contribution in [1.29, 1.82) is 0 Å². The number of aryl methyl sites for hydroxylation is 1. The first-order chi connectivity index (χ1) is 21.8. The number of H-pyrrole nitrogens is 1. The molecule has 0 aliphatic rings. The van der Waals surface area contributed by atoms with Crippen molar-refractivity contribution in [3.8, 4) is 11.5 Å². The van der Waals surface area contributed by atoms with Gasteiger partial charge in [-0.1, -0.05) is 0 Å². The number of aromatic nitrogens is 3. The number of nitrogens with one attached hydrogen (secondary N) is 3. The van der Waals surface area contributed by atoms with Gasteiger partial charge in [-0.05, 0) is 86.6 Å². The van der Waals surface area contributed by atoms with Crippen LogP contribution in [0.5, 0.6) is 0 Å². The molecule has 2 aromatic heterocycles. The van der Waals surface area contributed by atoms with Crippen LogP contribution >= 0.6 is 23.2 Å². The lowest BCUT2D eigenvalue weighted by molar-refractivity contribution is 0.101. The lowest BCUT2D eigenvalue weighted by Crippen LogP contribution is -2.24. The molecule has 45 heavy (non-hydrogen) atoms. The monoisotopic (exact) mass is 645 g/mol. The molecule has 3 N–H and O–H groups in total. The molecule has 11 heteroatoms. The second-order valence-electron chi connectivity index (χ2n) is 10.6. The molecule has 3 aromatic carbocycles. The Hall–Kier alpha value is -4.47. The minimum Gasteiger partial charge on any atom is -0.371 e. The molecule has 2 heterocycles. The van der Waals surface area contributed by atoms with Crippen LogP contribution in [-0.2, 0) is 7.05 Å². The maximum atomic E-state index is 13.1. The van der Waals surface area contributed by atoms with Crippen molar-refractivity contribution in [2.75, 3.05) is 58.4 Å². The Morgan fingerprint density at radius 1 is 0.778 bits per heavy atom. The van der Waals surface area contributed by atoms with Crippen LogP contribution in [0.2, 0.25) is 0 Å². The Morgan fingerprint density at radius 2 is 1.33 bits per heavy atom. The van der Waals surface area contributed by atoms with Gasteiger partial charge in [-0.3, -0.25) is 9.59 Å². The van der Waals surface area contributed by atoms with Crippen molar-refractivity contribution in [3.05, 3.63) is 90.1 Å². The minimum absolute atomic E-state index is 0.202. The molecule has 0 spiro atoms. The second kappa shape index (κ2) is 14.5. The average molecular weight is 647 g/mol. The molecule has 234 valence electrons. The highest BCUT2D eigenvalue weighted by Crippen LogP contribution is 2.26. The predicted molar refractivity (Wildman–Crippen MR) is 187 cm³/mol. The quantitative estimate of drug-likeness (QED) is 0.118. The predicted octanol–water partition coefficient (Wildman–Crippen LogP) is 7.20. The van der Waals surface area contributed by atoms with Crippen molar-refractivity contribution in [1.82, 2.24) is 14.5 Å². The number of imidazole rings is 1. The van der Waals surface area contributed by atoms with Gasteiger partial charge in [0.15, 0.2) is 5.82 Å². The highest BCUT2D eigenvalue weighted by molar-refractivity contribution is 6.18. The van der Waals surface area contributed by atoms with E-state index in [1.54, 1.807) is 12.1 Å². The third-order valence-electron chi connectivity index (χ3n) is 7.71. The second-order valence-corrected chi connectivity index (χ2v) is 11.3.